The van der Waals surface area contributed by atoms with Crippen LogP contribution in [0.3, 0.4) is 0 Å². The second kappa shape index (κ2) is 14.9. The van der Waals surface area contributed by atoms with Crippen molar-refractivity contribution in [2.24, 2.45) is 0 Å². The van der Waals surface area contributed by atoms with E-state index in [1.807, 2.05) is 62.9 Å². The topological polar surface area (TPSA) is 71.3 Å². The van der Waals surface area contributed by atoms with Crippen LogP contribution in [0, 0.1) is 0 Å². The first kappa shape index (κ1) is 37.7. The van der Waals surface area contributed by atoms with Crippen LogP contribution in [-0.2, 0) is 0 Å². The number of nitrogens with zero attached hydrogens (tertiary/aromatic N) is 8. The lowest BCUT2D eigenvalue weighted by molar-refractivity contribution is 1.12. The van der Waals surface area contributed by atoms with Gasteiger partial charge in [0.2, 0.25) is 0 Å². The average molecular weight is 849 g/mol. The Hall–Kier alpha value is -8.88. The molecule has 0 aliphatic carbocycles. The fourth-order valence-electron chi connectivity index (χ4n) is 10.3. The second-order valence-electron chi connectivity index (χ2n) is 16.4. The summed E-state index contributed by atoms with van der Waals surface area (Å²) >= 11 is 0. The first-order chi connectivity index (χ1) is 32.8. The minimum absolute atomic E-state index is 0.968. The number of hydrogen-bond donors (Lipinski definition) is 0. The molecule has 0 unspecified atom stereocenters. The Morgan fingerprint density at radius 3 is 0.742 bits per heavy atom. The van der Waals surface area contributed by atoms with Crippen molar-refractivity contribution in [3.63, 3.8) is 0 Å². The zero-order valence-corrected chi connectivity index (χ0v) is 36.2. The monoisotopic (exact) mass is 848 g/mol. The van der Waals surface area contributed by atoms with E-state index in [1.54, 1.807) is 0 Å². The molecule has 8 nitrogen and oxygen atoms in total. The van der Waals surface area contributed by atoms with Crippen LogP contribution in [0.2, 0.25) is 0 Å². The Labute approximate surface area is 378 Å². The Bertz CT molecular complexity index is 3470. The number of aromatic nitrogens is 8. The number of fused-ring (bicyclic) bond motifs is 12. The molecule has 14 aromatic rings. The third kappa shape index (κ3) is 5.51. The Kier molecular flexibility index (Phi) is 8.48. The standard InChI is InChI=1S/C56H34N8.C2H6/c1-5-17-45-41(13-1)53-49(21-9-25-57-53)61(45)37-29-35(30-38(33-37)62-46-18-6-2-14-42(46)54-50(62)22-10-26-58-54)36-31-39(63-47-19-7-3-15-43(47)55-51(63)23-11-27-59-55)34-40(32-36)64-48-20-8-4-16-44(48)56-52(64)24-12-28-60-56;1-2/h1-34H;1-2H3. The zero-order valence-electron chi connectivity index (χ0n) is 36.2. The van der Waals surface area contributed by atoms with Crippen molar-refractivity contribution in [2.75, 3.05) is 0 Å². The molecule has 0 fully saturated rings. The van der Waals surface area contributed by atoms with Crippen LogP contribution in [-0.4, -0.2) is 38.2 Å². The zero-order chi connectivity index (χ0) is 43.9. The molecule has 0 aliphatic rings. The maximum Gasteiger partial charge on any atom is 0.0963 e. The van der Waals surface area contributed by atoms with E-state index in [9.17, 15) is 0 Å². The number of rotatable bonds is 5. The lowest BCUT2D eigenvalue weighted by Gasteiger charge is -2.18. The highest BCUT2D eigenvalue weighted by molar-refractivity contribution is 6.10. The van der Waals surface area contributed by atoms with Gasteiger partial charge < -0.3 is 18.3 Å². The summed E-state index contributed by atoms with van der Waals surface area (Å²) in [7, 11) is 0. The molecule has 0 saturated carbocycles. The van der Waals surface area contributed by atoms with Crippen LogP contribution < -0.4 is 0 Å². The lowest BCUT2D eigenvalue weighted by atomic mass is 10.0. The van der Waals surface area contributed by atoms with Crippen molar-refractivity contribution in [3.05, 3.63) is 207 Å². The Morgan fingerprint density at radius 2 is 0.485 bits per heavy atom. The van der Waals surface area contributed by atoms with Crippen molar-refractivity contribution < 1.29 is 0 Å². The summed E-state index contributed by atoms with van der Waals surface area (Å²) in [6.07, 6.45) is 7.53. The fourth-order valence-corrected chi connectivity index (χ4v) is 10.3. The molecular weight excluding hydrogens is 809 g/mol. The number of hydrogen-bond acceptors (Lipinski definition) is 4. The van der Waals surface area contributed by atoms with Crippen LogP contribution in [0.1, 0.15) is 13.8 Å². The lowest BCUT2D eigenvalue weighted by Crippen LogP contribution is -2.02. The highest BCUT2D eigenvalue weighted by Crippen LogP contribution is 2.40. The van der Waals surface area contributed by atoms with E-state index in [-0.39, 0.29) is 0 Å². The first-order valence-electron chi connectivity index (χ1n) is 22.5. The van der Waals surface area contributed by atoms with Crippen molar-refractivity contribution in [1.29, 1.82) is 0 Å². The van der Waals surface area contributed by atoms with Crippen molar-refractivity contribution in [1.82, 2.24) is 38.2 Å². The van der Waals surface area contributed by atoms with Gasteiger partial charge in [0, 0.05) is 69.1 Å². The van der Waals surface area contributed by atoms with Gasteiger partial charge in [-0.15, -0.1) is 0 Å². The maximum absolute atomic E-state index is 4.92. The van der Waals surface area contributed by atoms with Gasteiger partial charge in [0.05, 0.1) is 66.2 Å². The average Bonchev–Trinajstić information content (AvgIpc) is 4.12. The molecule has 0 atom stereocenters. The second-order valence-corrected chi connectivity index (χ2v) is 16.4. The smallest absolute Gasteiger partial charge is 0.0963 e. The molecule has 0 aliphatic heterocycles. The predicted octanol–water partition coefficient (Wildman–Crippen LogP) is 14.3. The summed E-state index contributed by atoms with van der Waals surface area (Å²) in [5.74, 6) is 0. The summed E-state index contributed by atoms with van der Waals surface area (Å²) < 4.78 is 9.44. The Balaban J connectivity index is 0.00000215. The van der Waals surface area contributed by atoms with E-state index in [4.69, 9.17) is 19.9 Å². The minimum atomic E-state index is 0.968. The number of pyridine rings is 4. The number of benzene rings is 6. The molecule has 8 heteroatoms. The molecule has 8 aromatic heterocycles. The van der Waals surface area contributed by atoms with Crippen molar-refractivity contribution >= 4 is 87.7 Å². The fraction of sp³-hybridized carbons (Fsp3) is 0.0345. The summed E-state index contributed by atoms with van der Waals surface area (Å²) in [6.45, 7) is 4.00. The maximum atomic E-state index is 4.92. The van der Waals surface area contributed by atoms with Gasteiger partial charge in [-0.3, -0.25) is 19.9 Å². The van der Waals surface area contributed by atoms with Crippen LogP contribution in [0.25, 0.3) is 122 Å². The largest absolute Gasteiger partial charge is 0.308 e. The summed E-state index contributed by atoms with van der Waals surface area (Å²) in [5.41, 5.74) is 18.6. The van der Waals surface area contributed by atoms with Crippen molar-refractivity contribution in [2.45, 2.75) is 13.8 Å². The van der Waals surface area contributed by atoms with Gasteiger partial charge in [-0.2, -0.15) is 0 Å². The first-order valence-corrected chi connectivity index (χ1v) is 22.5. The summed E-state index contributed by atoms with van der Waals surface area (Å²) in [5, 5.41) is 4.43. The van der Waals surface area contributed by atoms with Gasteiger partial charge in [-0.25, -0.2) is 0 Å². The molecule has 66 heavy (non-hydrogen) atoms. The van der Waals surface area contributed by atoms with Gasteiger partial charge in [0.25, 0.3) is 0 Å². The van der Waals surface area contributed by atoms with E-state index in [1.165, 1.54) is 0 Å². The van der Waals surface area contributed by atoms with E-state index < -0.39 is 0 Å². The predicted molar refractivity (Wildman–Crippen MR) is 272 cm³/mol. The van der Waals surface area contributed by atoms with Gasteiger partial charge in [0.1, 0.15) is 0 Å². The van der Waals surface area contributed by atoms with Gasteiger partial charge in [-0.05, 0) is 120 Å². The van der Waals surface area contributed by atoms with Crippen LogP contribution in [0.5, 0.6) is 0 Å². The molecule has 6 aromatic carbocycles. The van der Waals surface area contributed by atoms with Gasteiger partial charge in [-0.1, -0.05) is 86.6 Å². The molecule has 0 radical (unpaired) electrons. The molecule has 0 N–H and O–H groups in total. The number of para-hydroxylation sites is 4. The Morgan fingerprint density at radius 1 is 0.258 bits per heavy atom. The molecular formula is C58H40N8. The van der Waals surface area contributed by atoms with Gasteiger partial charge >= 0.3 is 0 Å². The van der Waals surface area contributed by atoms with Crippen LogP contribution >= 0.6 is 0 Å². The minimum Gasteiger partial charge on any atom is -0.308 e. The van der Waals surface area contributed by atoms with E-state index in [0.29, 0.717) is 0 Å². The molecule has 312 valence electrons. The van der Waals surface area contributed by atoms with E-state index in [0.717, 1.165) is 122 Å². The van der Waals surface area contributed by atoms with Gasteiger partial charge in [0.15, 0.2) is 0 Å². The van der Waals surface area contributed by atoms with E-state index >= 15 is 0 Å². The molecule has 0 spiro atoms. The highest BCUT2D eigenvalue weighted by atomic mass is 15.0. The van der Waals surface area contributed by atoms with Crippen molar-refractivity contribution in [3.8, 4) is 33.9 Å². The van der Waals surface area contributed by atoms with Crippen LogP contribution in [0.4, 0.5) is 0 Å². The molecule has 14 rings (SSSR count). The molecule has 0 saturated heterocycles. The third-order valence-corrected chi connectivity index (χ3v) is 12.9. The van der Waals surface area contributed by atoms with Crippen LogP contribution in [0.15, 0.2) is 207 Å². The quantitative estimate of drug-likeness (QED) is 0.173. The molecule has 0 bridgehead atoms. The summed E-state index contributed by atoms with van der Waals surface area (Å²) in [6, 6.07) is 65.0. The molecule has 0 amide bonds. The third-order valence-electron chi connectivity index (χ3n) is 12.9. The van der Waals surface area contributed by atoms with E-state index in [2.05, 4.69) is 176 Å². The highest BCUT2D eigenvalue weighted by Gasteiger charge is 2.21. The SMILES string of the molecule is CC.c1ccc2c(c1)c1ncccc1n2-c1cc(-c2cc(-n3c4ccccc4c4ncccc43)cc(-n3c4ccccc4c4ncccc43)c2)cc(-n2c3ccccc3c3ncccc32)c1. The summed E-state index contributed by atoms with van der Waals surface area (Å²) in [4.78, 5) is 19.7. The molecule has 8 heterocycles. The normalized spacial score (nSPS) is 11.8.